The maximum Gasteiger partial charge on any atom is 0.260 e. The topological polar surface area (TPSA) is 73.1 Å². The first kappa shape index (κ1) is 21.7. The highest BCUT2D eigenvalue weighted by Gasteiger charge is 2.32. The molecule has 4 aromatic rings. The van der Waals surface area contributed by atoms with Crippen molar-refractivity contribution in [1.82, 2.24) is 24.6 Å². The van der Waals surface area contributed by atoms with Crippen LogP contribution >= 0.6 is 0 Å². The second-order valence-corrected chi connectivity index (χ2v) is 8.14. The summed E-state index contributed by atoms with van der Waals surface area (Å²) < 4.78 is 36.2. The minimum atomic E-state index is -0.497. The lowest BCUT2D eigenvalue weighted by atomic mass is 10.0. The fourth-order valence-corrected chi connectivity index (χ4v) is 4.11. The third-order valence-corrected chi connectivity index (χ3v) is 5.78. The zero-order valence-corrected chi connectivity index (χ0v) is 18.6. The van der Waals surface area contributed by atoms with Crippen molar-refractivity contribution in [2.45, 2.75) is 26.6 Å². The Morgan fingerprint density at radius 1 is 1.09 bits per heavy atom. The van der Waals surface area contributed by atoms with Gasteiger partial charge in [-0.05, 0) is 42.3 Å². The molecular formula is C25H21F2N5O2. The van der Waals surface area contributed by atoms with Crippen LogP contribution in [0.2, 0.25) is 0 Å². The Bertz CT molecular complexity index is 1400. The molecule has 3 aromatic heterocycles. The predicted octanol–water partition coefficient (Wildman–Crippen LogP) is 4.20. The van der Waals surface area contributed by atoms with Crippen LogP contribution in [0.4, 0.5) is 8.78 Å². The van der Waals surface area contributed by atoms with Crippen molar-refractivity contribution in [2.75, 3.05) is 0 Å². The summed E-state index contributed by atoms with van der Waals surface area (Å²) in [5.74, 6) is -1.10. The normalized spacial score (nSPS) is 12.8. The van der Waals surface area contributed by atoms with Gasteiger partial charge in [0.1, 0.15) is 29.5 Å². The molecule has 1 aliphatic rings. The number of aromatic nitrogens is 4. The number of halogens is 2. The van der Waals surface area contributed by atoms with E-state index in [2.05, 4.69) is 15.1 Å². The molecule has 5 rings (SSSR count). The van der Waals surface area contributed by atoms with Crippen LogP contribution in [0.1, 0.15) is 32.9 Å². The molecule has 172 valence electrons. The lowest BCUT2D eigenvalue weighted by Crippen LogP contribution is -2.24. The molecular weight excluding hydrogens is 440 g/mol. The fourth-order valence-electron chi connectivity index (χ4n) is 4.11. The Labute approximate surface area is 194 Å². The molecule has 34 heavy (non-hydrogen) atoms. The maximum atomic E-state index is 15.0. The second-order valence-electron chi connectivity index (χ2n) is 8.14. The average Bonchev–Trinajstić information content (AvgIpc) is 3.32. The molecule has 4 heterocycles. The van der Waals surface area contributed by atoms with Crippen molar-refractivity contribution in [2.24, 2.45) is 7.05 Å². The minimum Gasteiger partial charge on any atom is -0.470 e. The SMILES string of the molecule is Cc1nn(C)cc1-c1ccc(CN2Cc3ccnc(OCc4ncccc4F)c3C2=O)c(F)c1. The smallest absolute Gasteiger partial charge is 0.260 e. The molecule has 0 unspecified atom stereocenters. The number of carbonyl (C=O) groups is 1. The molecule has 1 amide bonds. The summed E-state index contributed by atoms with van der Waals surface area (Å²) in [5, 5.41) is 4.30. The van der Waals surface area contributed by atoms with Crippen molar-refractivity contribution in [3.05, 3.63) is 94.7 Å². The number of benzene rings is 1. The maximum absolute atomic E-state index is 15.0. The van der Waals surface area contributed by atoms with Crippen LogP contribution in [0.5, 0.6) is 5.88 Å². The Morgan fingerprint density at radius 3 is 2.68 bits per heavy atom. The Hall–Kier alpha value is -4.14. The molecule has 0 bridgehead atoms. The number of hydrogen-bond acceptors (Lipinski definition) is 5. The number of aryl methyl sites for hydroxylation is 2. The summed E-state index contributed by atoms with van der Waals surface area (Å²) in [4.78, 5) is 22.8. The highest BCUT2D eigenvalue weighted by Crippen LogP contribution is 2.32. The van der Waals surface area contributed by atoms with E-state index in [1.54, 1.807) is 16.8 Å². The summed E-state index contributed by atoms with van der Waals surface area (Å²) in [6.07, 6.45) is 4.84. The lowest BCUT2D eigenvalue weighted by Gasteiger charge is -2.16. The standard InChI is InChI=1S/C25H21F2N5O2/c1-15-19(13-31(2)30-15)16-5-6-17(21(27)10-16)11-32-12-18-7-9-29-24(23(18)25(32)33)34-14-22-20(26)4-3-8-28-22/h3-10,13H,11-12,14H2,1-2H3. The quantitative estimate of drug-likeness (QED) is 0.430. The van der Waals surface area contributed by atoms with E-state index in [0.29, 0.717) is 17.7 Å². The molecule has 0 aliphatic carbocycles. The van der Waals surface area contributed by atoms with E-state index < -0.39 is 11.6 Å². The van der Waals surface area contributed by atoms with E-state index in [1.807, 2.05) is 26.2 Å². The predicted molar refractivity (Wildman–Crippen MR) is 120 cm³/mol. The monoisotopic (exact) mass is 461 g/mol. The zero-order chi connectivity index (χ0) is 23.8. The number of fused-ring (bicyclic) bond motifs is 1. The molecule has 0 atom stereocenters. The van der Waals surface area contributed by atoms with Gasteiger partial charge in [0.05, 0.1) is 5.69 Å². The van der Waals surface area contributed by atoms with Gasteiger partial charge in [0.25, 0.3) is 5.91 Å². The van der Waals surface area contributed by atoms with E-state index in [-0.39, 0.29) is 30.6 Å². The Morgan fingerprint density at radius 2 is 1.94 bits per heavy atom. The van der Waals surface area contributed by atoms with E-state index in [1.165, 1.54) is 35.5 Å². The number of hydrogen-bond donors (Lipinski definition) is 0. The zero-order valence-electron chi connectivity index (χ0n) is 18.6. The van der Waals surface area contributed by atoms with Crippen LogP contribution in [0.15, 0.2) is 55.0 Å². The molecule has 0 fully saturated rings. The number of rotatable bonds is 6. The molecule has 7 nitrogen and oxygen atoms in total. The van der Waals surface area contributed by atoms with Gasteiger partial charge in [-0.2, -0.15) is 5.10 Å². The number of pyridine rings is 2. The van der Waals surface area contributed by atoms with Gasteiger partial charge in [-0.1, -0.05) is 12.1 Å². The van der Waals surface area contributed by atoms with Crippen LogP contribution in [0, 0.1) is 18.6 Å². The molecule has 0 radical (unpaired) electrons. The fraction of sp³-hybridized carbons (Fsp3) is 0.200. The Kier molecular flexibility index (Phi) is 5.53. The Balaban J connectivity index is 1.34. The molecule has 9 heteroatoms. The molecule has 0 spiro atoms. The van der Waals surface area contributed by atoms with Gasteiger partial charge in [-0.15, -0.1) is 0 Å². The van der Waals surface area contributed by atoms with Crippen LogP contribution in [-0.4, -0.2) is 30.6 Å². The highest BCUT2D eigenvalue weighted by molar-refractivity contribution is 6.00. The van der Waals surface area contributed by atoms with E-state index in [0.717, 1.165) is 22.4 Å². The summed E-state index contributed by atoms with van der Waals surface area (Å²) >= 11 is 0. The molecule has 1 aliphatic heterocycles. The van der Waals surface area contributed by atoms with Crippen LogP contribution in [0.3, 0.4) is 0 Å². The molecule has 1 aromatic carbocycles. The third-order valence-electron chi connectivity index (χ3n) is 5.78. The van der Waals surface area contributed by atoms with Crippen molar-refractivity contribution >= 4 is 5.91 Å². The number of nitrogens with zero attached hydrogens (tertiary/aromatic N) is 5. The largest absolute Gasteiger partial charge is 0.470 e. The first-order valence-corrected chi connectivity index (χ1v) is 10.7. The van der Waals surface area contributed by atoms with Crippen molar-refractivity contribution in [1.29, 1.82) is 0 Å². The second kappa shape index (κ2) is 8.66. The molecule has 0 saturated heterocycles. The molecule has 0 N–H and O–H groups in total. The molecule has 0 saturated carbocycles. The minimum absolute atomic E-state index is 0.0972. The van der Waals surface area contributed by atoms with Gasteiger partial charge in [0, 0.05) is 49.9 Å². The highest BCUT2D eigenvalue weighted by atomic mass is 19.1. The van der Waals surface area contributed by atoms with Crippen LogP contribution in [0.25, 0.3) is 11.1 Å². The van der Waals surface area contributed by atoms with Gasteiger partial charge < -0.3 is 9.64 Å². The number of ether oxygens (including phenoxy) is 1. The average molecular weight is 461 g/mol. The van der Waals surface area contributed by atoms with Crippen LogP contribution < -0.4 is 4.74 Å². The van der Waals surface area contributed by atoms with Gasteiger partial charge in [-0.3, -0.25) is 14.5 Å². The summed E-state index contributed by atoms with van der Waals surface area (Å²) in [5.41, 5.74) is 3.94. The number of amides is 1. The lowest BCUT2D eigenvalue weighted by molar-refractivity contribution is 0.0761. The first-order valence-electron chi connectivity index (χ1n) is 10.7. The van der Waals surface area contributed by atoms with Gasteiger partial charge in [-0.25, -0.2) is 13.8 Å². The summed E-state index contributed by atoms with van der Waals surface area (Å²) in [6.45, 7) is 2.11. The van der Waals surface area contributed by atoms with Crippen molar-refractivity contribution < 1.29 is 18.3 Å². The van der Waals surface area contributed by atoms with E-state index in [9.17, 15) is 13.6 Å². The van der Waals surface area contributed by atoms with Gasteiger partial charge >= 0.3 is 0 Å². The third kappa shape index (κ3) is 4.00. The first-order chi connectivity index (χ1) is 16.4. The van der Waals surface area contributed by atoms with Gasteiger partial charge in [0.2, 0.25) is 5.88 Å². The summed E-state index contributed by atoms with van der Waals surface area (Å²) in [6, 6.07) is 9.48. The van der Waals surface area contributed by atoms with Crippen molar-refractivity contribution in [3.8, 4) is 17.0 Å². The van der Waals surface area contributed by atoms with E-state index in [4.69, 9.17) is 4.74 Å². The van der Waals surface area contributed by atoms with E-state index >= 15 is 0 Å². The number of carbonyl (C=O) groups excluding carboxylic acids is 1. The van der Waals surface area contributed by atoms with Crippen molar-refractivity contribution in [3.63, 3.8) is 0 Å². The van der Waals surface area contributed by atoms with Gasteiger partial charge in [0.15, 0.2) is 0 Å². The summed E-state index contributed by atoms with van der Waals surface area (Å²) in [7, 11) is 1.82. The van der Waals surface area contributed by atoms with Crippen LogP contribution in [-0.2, 0) is 26.7 Å².